The van der Waals surface area contributed by atoms with Gasteiger partial charge in [0.15, 0.2) is 0 Å². The highest BCUT2D eigenvalue weighted by molar-refractivity contribution is 7.89. The van der Waals surface area contributed by atoms with Crippen molar-refractivity contribution in [3.63, 3.8) is 0 Å². The largest absolute Gasteiger partial charge is 0.308 e. The van der Waals surface area contributed by atoms with Crippen LogP contribution in [0.2, 0.25) is 0 Å². The zero-order valence-corrected chi connectivity index (χ0v) is 25.1. The molecule has 0 spiro atoms. The first-order valence-electron chi connectivity index (χ1n) is 13.5. The number of halogens is 1. The minimum atomic E-state index is -3.96. The molecule has 40 heavy (non-hydrogen) atoms. The van der Waals surface area contributed by atoms with Crippen LogP contribution in [0.5, 0.6) is 0 Å². The van der Waals surface area contributed by atoms with Crippen LogP contribution in [0, 0.1) is 20.8 Å². The molecule has 4 aromatic carbocycles. The van der Waals surface area contributed by atoms with Gasteiger partial charge in [0.2, 0.25) is 0 Å². The molecule has 0 fully saturated rings. The van der Waals surface area contributed by atoms with Crippen LogP contribution in [-0.4, -0.2) is 19.4 Å². The van der Waals surface area contributed by atoms with Crippen molar-refractivity contribution in [2.45, 2.75) is 57.0 Å². The molecule has 5 nitrogen and oxygen atoms in total. The maximum Gasteiger partial charge on any atom is 0.256 e. The quantitative estimate of drug-likeness (QED) is 0.108. The summed E-state index contributed by atoms with van der Waals surface area (Å²) >= 11 is 0. The predicted octanol–water partition coefficient (Wildman–Crippen LogP) is 6.99. The number of nitrogens with one attached hydrogen (secondary N) is 1. The monoisotopic (exact) mass is 577 g/mol. The number of hydrazine groups is 1. The molecule has 0 saturated carbocycles. The summed E-state index contributed by atoms with van der Waals surface area (Å²) in [6, 6.07) is 32.1. The third kappa shape index (κ3) is 7.80. The SMILES string of the molecule is Cc1ccc(S(=O)(=O)N(N)[C@@H](c2ccccc2)[C@@H](NCCCCc2ccc(C)c(C)c2)c2ccccc2)cc1.Cl. The molecule has 7 heteroatoms. The summed E-state index contributed by atoms with van der Waals surface area (Å²) in [5.41, 5.74) is 6.77. The molecule has 0 bridgehead atoms. The Morgan fingerprint density at radius 2 is 1.35 bits per heavy atom. The molecule has 212 valence electrons. The Morgan fingerprint density at radius 1 is 0.750 bits per heavy atom. The molecule has 0 amide bonds. The zero-order chi connectivity index (χ0) is 27.8. The molecule has 0 heterocycles. The van der Waals surface area contributed by atoms with Gasteiger partial charge in [0.05, 0.1) is 17.0 Å². The van der Waals surface area contributed by atoms with Crippen molar-refractivity contribution < 1.29 is 8.42 Å². The molecular formula is C33H40ClN3O2S. The summed E-state index contributed by atoms with van der Waals surface area (Å²) in [7, 11) is -3.96. The number of benzene rings is 4. The first kappa shape index (κ1) is 31.5. The van der Waals surface area contributed by atoms with E-state index in [1.165, 1.54) is 16.7 Å². The fourth-order valence-electron chi connectivity index (χ4n) is 4.86. The van der Waals surface area contributed by atoms with Gasteiger partial charge in [-0.05, 0) is 86.5 Å². The maximum atomic E-state index is 13.8. The van der Waals surface area contributed by atoms with Crippen molar-refractivity contribution >= 4 is 22.4 Å². The average Bonchev–Trinajstić information content (AvgIpc) is 2.95. The van der Waals surface area contributed by atoms with Gasteiger partial charge in [-0.3, -0.25) is 5.84 Å². The number of rotatable bonds is 12. The van der Waals surface area contributed by atoms with Gasteiger partial charge in [-0.25, -0.2) is 8.42 Å². The van der Waals surface area contributed by atoms with Crippen molar-refractivity contribution in [2.75, 3.05) is 6.54 Å². The summed E-state index contributed by atoms with van der Waals surface area (Å²) in [6.45, 7) is 6.94. The molecule has 0 unspecified atom stereocenters. The number of nitrogens with two attached hydrogens (primary N) is 1. The minimum Gasteiger partial charge on any atom is -0.308 e. The fourth-order valence-corrected chi connectivity index (χ4v) is 6.13. The van der Waals surface area contributed by atoms with Crippen LogP contribution in [0.4, 0.5) is 0 Å². The molecule has 0 saturated heterocycles. The molecule has 0 aliphatic carbocycles. The lowest BCUT2D eigenvalue weighted by molar-refractivity contribution is 0.261. The lowest BCUT2D eigenvalue weighted by atomic mass is 9.93. The number of hydrogen-bond acceptors (Lipinski definition) is 4. The van der Waals surface area contributed by atoms with Crippen LogP contribution in [0.1, 0.15) is 58.3 Å². The Hall–Kier alpha value is -3.00. The summed E-state index contributed by atoms with van der Waals surface area (Å²) in [4.78, 5) is 0.178. The van der Waals surface area contributed by atoms with E-state index in [0.717, 1.165) is 46.9 Å². The van der Waals surface area contributed by atoms with E-state index in [4.69, 9.17) is 5.84 Å². The number of sulfonamides is 1. The van der Waals surface area contributed by atoms with Gasteiger partial charge in [0, 0.05) is 0 Å². The Balaban J connectivity index is 0.00000441. The Labute approximate surface area is 245 Å². The fraction of sp³-hybridized carbons (Fsp3) is 0.273. The number of aryl methyl sites for hydroxylation is 4. The van der Waals surface area contributed by atoms with Gasteiger partial charge in [-0.2, -0.15) is 0 Å². The van der Waals surface area contributed by atoms with E-state index < -0.39 is 16.1 Å². The normalized spacial score (nSPS) is 13.0. The summed E-state index contributed by atoms with van der Waals surface area (Å²) in [5, 5.41) is 3.67. The molecule has 2 atom stereocenters. The lowest BCUT2D eigenvalue weighted by Gasteiger charge is -2.35. The van der Waals surface area contributed by atoms with Crippen LogP contribution in [0.25, 0.3) is 0 Å². The zero-order valence-electron chi connectivity index (χ0n) is 23.5. The highest BCUT2D eigenvalue weighted by Gasteiger charge is 2.36. The van der Waals surface area contributed by atoms with Crippen molar-refractivity contribution in [3.05, 3.63) is 137 Å². The highest BCUT2D eigenvalue weighted by atomic mass is 35.5. The van der Waals surface area contributed by atoms with Gasteiger partial charge in [-0.15, -0.1) is 16.8 Å². The van der Waals surface area contributed by atoms with E-state index in [0.29, 0.717) is 0 Å². The van der Waals surface area contributed by atoms with Gasteiger partial charge < -0.3 is 5.32 Å². The van der Waals surface area contributed by atoms with Crippen LogP contribution in [-0.2, 0) is 16.4 Å². The first-order chi connectivity index (χ1) is 18.8. The smallest absolute Gasteiger partial charge is 0.256 e. The second kappa shape index (κ2) is 14.6. The molecule has 4 aromatic rings. The number of unbranched alkanes of at least 4 members (excludes halogenated alkanes) is 1. The second-order valence-corrected chi connectivity index (χ2v) is 12.1. The van der Waals surface area contributed by atoms with Gasteiger partial charge in [0.1, 0.15) is 0 Å². The predicted molar refractivity (Wildman–Crippen MR) is 167 cm³/mol. The van der Waals surface area contributed by atoms with Gasteiger partial charge >= 0.3 is 0 Å². The second-order valence-electron chi connectivity index (χ2n) is 10.2. The van der Waals surface area contributed by atoms with Crippen LogP contribution in [0.3, 0.4) is 0 Å². The number of nitrogens with zero attached hydrogens (tertiary/aromatic N) is 1. The van der Waals surface area contributed by atoms with E-state index in [2.05, 4.69) is 37.4 Å². The lowest BCUT2D eigenvalue weighted by Crippen LogP contribution is -2.46. The van der Waals surface area contributed by atoms with E-state index >= 15 is 0 Å². The van der Waals surface area contributed by atoms with Gasteiger partial charge in [-0.1, -0.05) is 96.6 Å². The minimum absolute atomic E-state index is 0. The molecule has 3 N–H and O–H groups in total. The maximum absolute atomic E-state index is 13.8. The van der Waals surface area contributed by atoms with Crippen LogP contribution in [0.15, 0.2) is 108 Å². The van der Waals surface area contributed by atoms with Gasteiger partial charge in [0.25, 0.3) is 10.0 Å². The molecule has 4 rings (SSSR count). The van der Waals surface area contributed by atoms with E-state index in [9.17, 15) is 8.42 Å². The van der Waals surface area contributed by atoms with E-state index in [1.807, 2.05) is 67.6 Å². The third-order valence-electron chi connectivity index (χ3n) is 7.31. The number of hydrogen-bond donors (Lipinski definition) is 2. The van der Waals surface area contributed by atoms with Crippen molar-refractivity contribution in [2.24, 2.45) is 5.84 Å². The van der Waals surface area contributed by atoms with E-state index in [1.54, 1.807) is 24.3 Å². The highest BCUT2D eigenvalue weighted by Crippen LogP contribution is 2.36. The van der Waals surface area contributed by atoms with Crippen molar-refractivity contribution in [1.82, 2.24) is 9.73 Å². The molecule has 0 aliphatic heterocycles. The average molecular weight is 578 g/mol. The van der Waals surface area contributed by atoms with Crippen molar-refractivity contribution in [3.8, 4) is 0 Å². The van der Waals surface area contributed by atoms with Crippen LogP contribution >= 0.6 is 12.4 Å². The summed E-state index contributed by atoms with van der Waals surface area (Å²) < 4.78 is 28.5. The molecule has 0 aromatic heterocycles. The molecular weight excluding hydrogens is 538 g/mol. The third-order valence-corrected chi connectivity index (χ3v) is 8.96. The van der Waals surface area contributed by atoms with Crippen molar-refractivity contribution in [1.29, 1.82) is 0 Å². The summed E-state index contributed by atoms with van der Waals surface area (Å²) in [6.07, 6.45) is 2.99. The Bertz CT molecular complexity index is 1450. The molecule has 0 aliphatic rings. The standard InChI is InChI=1S/C33H39N3O2S.ClH/c1-25-17-21-31(22-18-25)39(37,38)36(34)33(30-15-8-5-9-16-30)32(29-13-6-4-7-14-29)35-23-11-10-12-28-20-19-26(2)27(3)24-28;/h4-9,13-22,24,32-33,35H,10-12,23,34H2,1-3H3;1H/t32-,33-;/m0./s1. The Kier molecular flexibility index (Phi) is 11.5. The topological polar surface area (TPSA) is 75.4 Å². The Morgan fingerprint density at radius 3 is 1.95 bits per heavy atom. The first-order valence-corrected chi connectivity index (χ1v) is 15.0. The van der Waals surface area contributed by atoms with E-state index in [-0.39, 0.29) is 23.3 Å². The van der Waals surface area contributed by atoms with Crippen LogP contribution < -0.4 is 11.2 Å². The summed E-state index contributed by atoms with van der Waals surface area (Å²) in [5.74, 6) is 6.57. The molecule has 0 radical (unpaired) electrons.